The molecule has 18 heavy (non-hydrogen) atoms. The highest BCUT2D eigenvalue weighted by Crippen LogP contribution is 2.17. The van der Waals surface area contributed by atoms with Crippen molar-refractivity contribution in [2.45, 2.75) is 12.5 Å². The van der Waals surface area contributed by atoms with Gasteiger partial charge in [-0.3, -0.25) is 0 Å². The fourth-order valence-corrected chi connectivity index (χ4v) is 1.79. The number of nitrogens with one attached hydrogen (secondary N) is 2. The molecule has 0 amide bonds. The molecule has 0 bridgehead atoms. The number of methoxy groups -OCH3 is 1. The summed E-state index contributed by atoms with van der Waals surface area (Å²) in [6.07, 6.45) is 2.04. The van der Waals surface area contributed by atoms with Gasteiger partial charge in [0.1, 0.15) is 11.4 Å². The van der Waals surface area contributed by atoms with E-state index >= 15 is 0 Å². The van der Waals surface area contributed by atoms with Crippen LogP contribution in [0, 0.1) is 5.41 Å². The fourth-order valence-electron chi connectivity index (χ4n) is 1.79. The van der Waals surface area contributed by atoms with Crippen LogP contribution in [0.3, 0.4) is 0 Å². The van der Waals surface area contributed by atoms with Crippen LogP contribution in [0.4, 0.5) is 5.69 Å². The Balaban J connectivity index is 2.19. The van der Waals surface area contributed by atoms with Crippen LogP contribution in [-0.2, 0) is 9.47 Å². The third kappa shape index (κ3) is 2.65. The number of nitrogens with zero attached hydrogens (tertiary/aromatic N) is 1. The second-order valence-electron chi connectivity index (χ2n) is 3.97. The number of aromatic nitrogens is 1. The summed E-state index contributed by atoms with van der Waals surface area (Å²) in [7, 11) is 1.30. The van der Waals surface area contributed by atoms with Crippen LogP contribution in [0.5, 0.6) is 0 Å². The molecule has 96 valence electrons. The largest absolute Gasteiger partial charge is 0.464 e. The Labute approximate surface area is 105 Å². The van der Waals surface area contributed by atoms with Crippen LogP contribution < -0.4 is 5.32 Å². The highest BCUT2D eigenvalue weighted by Gasteiger charge is 2.17. The Bertz CT molecular complexity index is 456. The average molecular weight is 249 g/mol. The average Bonchev–Trinajstić information content (AvgIpc) is 2.91. The Kier molecular flexibility index (Phi) is 3.88. The molecule has 1 aromatic heterocycles. The number of ether oxygens (including phenoxy) is 2. The summed E-state index contributed by atoms with van der Waals surface area (Å²) in [5.74, 6) is -0.506. The molecule has 0 spiro atoms. The number of hydrogen-bond acceptors (Lipinski definition) is 6. The van der Waals surface area contributed by atoms with Crippen LogP contribution >= 0.6 is 0 Å². The first-order valence-electron chi connectivity index (χ1n) is 5.68. The molecule has 1 aromatic rings. The lowest BCUT2D eigenvalue weighted by Crippen LogP contribution is -2.20. The molecule has 1 atom stereocenters. The molecule has 6 nitrogen and oxygen atoms in total. The maximum Gasteiger partial charge on any atom is 0.356 e. The summed E-state index contributed by atoms with van der Waals surface area (Å²) in [4.78, 5) is 15.4. The molecule has 1 saturated heterocycles. The quantitative estimate of drug-likeness (QED) is 0.616. The Morgan fingerprint density at radius 3 is 3.11 bits per heavy atom. The summed E-state index contributed by atoms with van der Waals surface area (Å²) >= 11 is 0. The van der Waals surface area contributed by atoms with Gasteiger partial charge in [0, 0.05) is 12.8 Å². The van der Waals surface area contributed by atoms with E-state index in [1.54, 1.807) is 12.1 Å². The Hall–Kier alpha value is -1.95. The molecular formula is C12H15N3O3. The number of carbonyl (C=O) groups is 1. The number of carbonyl (C=O) groups excluding carboxylic acids is 1. The van der Waals surface area contributed by atoms with Gasteiger partial charge in [0.2, 0.25) is 0 Å². The van der Waals surface area contributed by atoms with Crippen molar-refractivity contribution in [3.05, 3.63) is 23.5 Å². The molecule has 2 N–H and O–H groups in total. The van der Waals surface area contributed by atoms with Crippen molar-refractivity contribution in [1.82, 2.24) is 4.98 Å². The summed E-state index contributed by atoms with van der Waals surface area (Å²) in [6.45, 7) is 1.39. The summed E-state index contributed by atoms with van der Waals surface area (Å²) in [6, 6.07) is 3.55. The number of esters is 1. The third-order valence-electron chi connectivity index (χ3n) is 2.75. The van der Waals surface area contributed by atoms with Gasteiger partial charge >= 0.3 is 5.97 Å². The molecule has 1 unspecified atom stereocenters. The Morgan fingerprint density at radius 1 is 1.67 bits per heavy atom. The summed E-state index contributed by atoms with van der Waals surface area (Å²) < 4.78 is 9.86. The van der Waals surface area contributed by atoms with Gasteiger partial charge in [0.15, 0.2) is 0 Å². The molecular weight excluding hydrogens is 234 g/mol. The van der Waals surface area contributed by atoms with Gasteiger partial charge in [-0.25, -0.2) is 9.78 Å². The number of hydrogen-bond donors (Lipinski definition) is 2. The van der Waals surface area contributed by atoms with Crippen LogP contribution in [0.1, 0.15) is 22.6 Å². The van der Waals surface area contributed by atoms with E-state index in [0.29, 0.717) is 12.3 Å². The van der Waals surface area contributed by atoms with Crippen LogP contribution in [0.25, 0.3) is 0 Å². The van der Waals surface area contributed by atoms with Crippen molar-refractivity contribution in [2.24, 2.45) is 0 Å². The van der Waals surface area contributed by atoms with Crippen LogP contribution in [-0.4, -0.2) is 43.5 Å². The zero-order valence-corrected chi connectivity index (χ0v) is 10.1. The standard InChI is InChI=1S/C12H15N3O3/c1-17-12(16)10-3-2-9(11(6-13)15-10)14-8-4-5-18-7-8/h2-3,6,8,13-14H,4-5,7H2,1H3. The van der Waals surface area contributed by atoms with Gasteiger partial charge in [-0.15, -0.1) is 0 Å². The lowest BCUT2D eigenvalue weighted by molar-refractivity contribution is 0.0594. The zero-order chi connectivity index (χ0) is 13.0. The lowest BCUT2D eigenvalue weighted by Gasteiger charge is -2.14. The van der Waals surface area contributed by atoms with Crippen molar-refractivity contribution in [3.63, 3.8) is 0 Å². The molecule has 0 aliphatic carbocycles. The fraction of sp³-hybridized carbons (Fsp3) is 0.417. The Morgan fingerprint density at radius 2 is 2.50 bits per heavy atom. The monoisotopic (exact) mass is 249 g/mol. The summed E-state index contributed by atoms with van der Waals surface area (Å²) in [5, 5.41) is 10.6. The first-order chi connectivity index (χ1) is 8.74. The summed E-state index contributed by atoms with van der Waals surface area (Å²) in [5.41, 5.74) is 1.35. The molecule has 0 aromatic carbocycles. The van der Waals surface area contributed by atoms with Crippen LogP contribution in [0.2, 0.25) is 0 Å². The minimum atomic E-state index is -0.506. The number of pyridine rings is 1. The maximum atomic E-state index is 11.3. The molecule has 0 saturated carbocycles. The van der Waals surface area contributed by atoms with E-state index in [9.17, 15) is 4.79 Å². The molecule has 0 radical (unpaired) electrons. The lowest BCUT2D eigenvalue weighted by atomic mass is 10.2. The van der Waals surface area contributed by atoms with E-state index in [1.165, 1.54) is 7.11 Å². The van der Waals surface area contributed by atoms with Gasteiger partial charge in [0.25, 0.3) is 0 Å². The van der Waals surface area contributed by atoms with E-state index in [-0.39, 0.29) is 11.7 Å². The predicted molar refractivity (Wildman–Crippen MR) is 66.3 cm³/mol. The van der Waals surface area contributed by atoms with E-state index < -0.39 is 5.97 Å². The SMILES string of the molecule is COC(=O)c1ccc(NC2CCOC2)c(C=N)n1. The van der Waals surface area contributed by atoms with E-state index in [4.69, 9.17) is 10.1 Å². The maximum absolute atomic E-state index is 11.3. The molecule has 2 heterocycles. The van der Waals surface area contributed by atoms with E-state index in [0.717, 1.165) is 24.9 Å². The van der Waals surface area contributed by atoms with Crippen LogP contribution in [0.15, 0.2) is 12.1 Å². The zero-order valence-electron chi connectivity index (χ0n) is 10.1. The van der Waals surface area contributed by atoms with Gasteiger partial charge < -0.3 is 20.2 Å². The predicted octanol–water partition coefficient (Wildman–Crippen LogP) is 1.07. The second-order valence-corrected chi connectivity index (χ2v) is 3.97. The topological polar surface area (TPSA) is 84.3 Å². The van der Waals surface area contributed by atoms with Gasteiger partial charge in [-0.05, 0) is 18.6 Å². The third-order valence-corrected chi connectivity index (χ3v) is 2.75. The molecule has 1 aliphatic rings. The number of rotatable bonds is 4. The van der Waals surface area contributed by atoms with Crippen molar-refractivity contribution in [1.29, 1.82) is 5.41 Å². The van der Waals surface area contributed by atoms with Crippen molar-refractivity contribution >= 4 is 17.9 Å². The van der Waals surface area contributed by atoms with Crippen molar-refractivity contribution < 1.29 is 14.3 Å². The second kappa shape index (κ2) is 5.59. The first kappa shape index (κ1) is 12.5. The van der Waals surface area contributed by atoms with E-state index in [1.807, 2.05) is 0 Å². The first-order valence-corrected chi connectivity index (χ1v) is 5.68. The minimum Gasteiger partial charge on any atom is -0.464 e. The minimum absolute atomic E-state index is 0.198. The van der Waals surface area contributed by atoms with Crippen molar-refractivity contribution in [3.8, 4) is 0 Å². The molecule has 6 heteroatoms. The van der Waals surface area contributed by atoms with Gasteiger partial charge in [-0.1, -0.05) is 0 Å². The van der Waals surface area contributed by atoms with E-state index in [2.05, 4.69) is 15.0 Å². The van der Waals surface area contributed by atoms with Gasteiger partial charge in [0.05, 0.1) is 25.4 Å². The molecule has 2 rings (SSSR count). The normalized spacial score (nSPS) is 18.4. The highest BCUT2D eigenvalue weighted by atomic mass is 16.5. The molecule has 1 aliphatic heterocycles. The smallest absolute Gasteiger partial charge is 0.356 e. The van der Waals surface area contributed by atoms with Gasteiger partial charge in [-0.2, -0.15) is 0 Å². The van der Waals surface area contributed by atoms with Crippen molar-refractivity contribution in [2.75, 3.05) is 25.6 Å². The number of anilines is 1. The molecule has 1 fully saturated rings. The highest BCUT2D eigenvalue weighted by molar-refractivity contribution is 5.90.